The summed E-state index contributed by atoms with van der Waals surface area (Å²) in [6.45, 7) is -7.05. The number of benzene rings is 5. The van der Waals surface area contributed by atoms with Crippen LogP contribution in [0.25, 0.3) is 0 Å². The molecule has 0 spiro atoms. The number of aliphatic hydroxyl groups is 2. The Bertz CT molecular complexity index is 4090. The number of phosphoric ester groups is 1. The minimum absolute atomic E-state index is 0.291. The van der Waals surface area contributed by atoms with Gasteiger partial charge in [-0.25, -0.2) is 28.3 Å². The van der Waals surface area contributed by atoms with E-state index in [2.05, 4.69) is 0 Å². The third-order valence-electron chi connectivity index (χ3n) is 15.0. The van der Waals surface area contributed by atoms with Crippen molar-refractivity contribution in [3.8, 4) is 17.6 Å². The van der Waals surface area contributed by atoms with Crippen molar-refractivity contribution >= 4 is 20.1 Å². The lowest BCUT2D eigenvalue weighted by molar-refractivity contribution is -0.304. The van der Waals surface area contributed by atoms with E-state index in [1.54, 1.807) is 146 Å². The molecule has 28 nitrogen and oxygen atoms in total. The average Bonchev–Trinajstić information content (AvgIpc) is 1.25. The molecule has 2 aromatic heterocycles. The van der Waals surface area contributed by atoms with E-state index in [4.69, 9.17) is 65.7 Å². The summed E-state index contributed by atoms with van der Waals surface area (Å²) in [7, 11) is -3.44. The van der Waals surface area contributed by atoms with Crippen molar-refractivity contribution in [3.05, 3.63) is 234 Å². The second-order valence-electron chi connectivity index (χ2n) is 21.3. The van der Waals surface area contributed by atoms with Crippen LogP contribution in [-0.2, 0) is 79.6 Å². The third-order valence-corrected chi connectivity index (χ3v) is 16.5. The number of rotatable bonds is 29. The Labute approximate surface area is 549 Å². The van der Waals surface area contributed by atoms with Gasteiger partial charge in [-0.05, 0) is 52.1 Å². The summed E-state index contributed by atoms with van der Waals surface area (Å²) in [6.07, 6.45) is -33.9. The monoisotopic (exact) mass is 1400 g/mol. The molecule has 2 fully saturated rings. The van der Waals surface area contributed by atoms with Gasteiger partial charge >= 0.3 is 43.9 Å². The zero-order chi connectivity index (χ0) is 70.4. The first-order valence-electron chi connectivity index (χ1n) is 29.2. The fraction of sp³-hybridized carbons (Fsp3) is 0.349. The molecule has 2 aliphatic rings. The summed E-state index contributed by atoms with van der Waals surface area (Å²) in [5.74, 6) is -7.25. The van der Waals surface area contributed by atoms with Gasteiger partial charge in [-0.15, -0.1) is 0 Å². The number of aromatic amines is 2. The fourth-order valence-electron chi connectivity index (χ4n) is 10.4. The van der Waals surface area contributed by atoms with E-state index in [9.17, 15) is 70.6 Å². The number of aromatic nitrogens is 4. The van der Waals surface area contributed by atoms with Crippen LogP contribution in [0.3, 0.4) is 0 Å². The van der Waals surface area contributed by atoms with Gasteiger partial charge in [0.2, 0.25) is 5.79 Å². The van der Waals surface area contributed by atoms with Gasteiger partial charge in [0.25, 0.3) is 11.1 Å². The number of carbonyl (C=O) groups excluding carboxylic acids is 2. The van der Waals surface area contributed by atoms with E-state index >= 15 is 4.57 Å². The Kier molecular flexibility index (Phi) is 23.6. The normalized spacial score (nSPS) is 21.1. The maximum absolute atomic E-state index is 15.9. The summed E-state index contributed by atoms with van der Waals surface area (Å²) < 4.78 is 181. The summed E-state index contributed by atoms with van der Waals surface area (Å²) >= 11 is 0. The van der Waals surface area contributed by atoms with E-state index in [0.29, 0.717) is 48.5 Å². The number of nitriles is 1. The van der Waals surface area contributed by atoms with Crippen LogP contribution in [0, 0.1) is 17.2 Å². The number of methoxy groups -OCH3 is 2. The average molecular weight is 1400 g/mol. The molecule has 2 unspecified atom stereocenters. The molecule has 522 valence electrons. The number of carbonyl (C=O) groups is 2. The Morgan fingerprint density at radius 1 is 0.673 bits per heavy atom. The van der Waals surface area contributed by atoms with E-state index in [0.717, 1.165) is 24.5 Å². The van der Waals surface area contributed by atoms with Crippen molar-refractivity contribution in [2.75, 3.05) is 40.8 Å². The Morgan fingerprint density at radius 3 is 1.63 bits per heavy atom. The van der Waals surface area contributed by atoms with Crippen molar-refractivity contribution in [1.29, 1.82) is 5.26 Å². The SMILES string of the molecule is COc1ccc(C(OC[C@H]2O[C@@H](n3ccc(=O)[nH]c3=O)[C@H](OCOCC(C(F)(F)F)C(F)(F)F)[C@@]2(O)OP(=O)(OCCC#N)OC(O)[C@H]2O[C@@H](n3ccc(=O)[nH]c3=O)[C@H](OC(=O)OCc3ccccc3)[C@@H]2OC(=O)OCc2ccccc2)(c2ccccc2)c2ccc(OC)cc2)cc1. The minimum Gasteiger partial charge on any atom is -0.497 e. The molecule has 4 N–H and O–H groups in total. The third kappa shape index (κ3) is 17.4. The quantitative estimate of drug-likeness (QED) is 0.00878. The van der Waals surface area contributed by atoms with Gasteiger partial charge in [-0.1, -0.05) is 115 Å². The lowest BCUT2D eigenvalue weighted by Crippen LogP contribution is -2.54. The largest absolute Gasteiger partial charge is 0.509 e. The van der Waals surface area contributed by atoms with Gasteiger partial charge in [-0.2, -0.15) is 31.6 Å². The van der Waals surface area contributed by atoms with Crippen molar-refractivity contribution in [3.63, 3.8) is 0 Å². The molecule has 4 heterocycles. The molecular weight excluding hydrogens is 1340 g/mol. The zero-order valence-electron chi connectivity index (χ0n) is 51.3. The summed E-state index contributed by atoms with van der Waals surface area (Å²) in [4.78, 5) is 83.9. The van der Waals surface area contributed by atoms with Crippen LogP contribution in [0.2, 0.25) is 0 Å². The molecule has 0 amide bonds. The second kappa shape index (κ2) is 31.8. The molecule has 0 saturated carbocycles. The van der Waals surface area contributed by atoms with Gasteiger partial charge in [0, 0.05) is 24.5 Å². The van der Waals surface area contributed by atoms with Crippen LogP contribution in [0.5, 0.6) is 11.5 Å². The highest BCUT2D eigenvalue weighted by atomic mass is 31.2. The van der Waals surface area contributed by atoms with Crippen LogP contribution >= 0.6 is 7.82 Å². The van der Waals surface area contributed by atoms with Crippen molar-refractivity contribution in [2.45, 2.75) is 92.6 Å². The number of H-pyrrole nitrogens is 2. The number of ether oxygens (including phenoxy) is 11. The first-order valence-corrected chi connectivity index (χ1v) is 30.7. The fourth-order valence-corrected chi connectivity index (χ4v) is 11.8. The van der Waals surface area contributed by atoms with Crippen LogP contribution in [-0.4, -0.2) is 137 Å². The molecule has 98 heavy (non-hydrogen) atoms. The van der Waals surface area contributed by atoms with Gasteiger partial charge in [0.05, 0.1) is 46.5 Å². The van der Waals surface area contributed by atoms with E-state index in [1.807, 2.05) is 9.97 Å². The number of hydrogen-bond acceptors (Lipinski definition) is 24. The highest BCUT2D eigenvalue weighted by Gasteiger charge is 2.65. The van der Waals surface area contributed by atoms with Crippen LogP contribution < -0.4 is 32.0 Å². The number of nitrogens with zero attached hydrogens (tertiary/aromatic N) is 3. The predicted octanol–water partition coefficient (Wildman–Crippen LogP) is 7.53. The van der Waals surface area contributed by atoms with E-state index in [1.165, 1.54) is 14.2 Å². The van der Waals surface area contributed by atoms with Crippen LogP contribution in [0.1, 0.15) is 46.7 Å². The topological polar surface area (TPSA) is 354 Å². The molecule has 10 atom stereocenters. The lowest BCUT2D eigenvalue weighted by atomic mass is 9.80. The maximum Gasteiger partial charge on any atom is 0.509 e. The van der Waals surface area contributed by atoms with Crippen LogP contribution in [0.4, 0.5) is 35.9 Å². The molecule has 7 aromatic rings. The highest BCUT2D eigenvalue weighted by molar-refractivity contribution is 7.48. The lowest BCUT2D eigenvalue weighted by Gasteiger charge is -2.39. The molecule has 0 radical (unpaired) electrons. The van der Waals surface area contributed by atoms with Crippen molar-refractivity contribution < 1.29 is 116 Å². The van der Waals surface area contributed by atoms with E-state index in [-0.39, 0.29) is 0 Å². The van der Waals surface area contributed by atoms with Gasteiger partial charge in [-0.3, -0.25) is 37.7 Å². The van der Waals surface area contributed by atoms with E-state index < -0.39 is 168 Å². The summed E-state index contributed by atoms with van der Waals surface area (Å²) in [5.41, 5.74) is -4.89. The highest BCUT2D eigenvalue weighted by Crippen LogP contribution is 2.59. The first kappa shape index (κ1) is 72.8. The minimum atomic E-state index is -6.23. The Hall–Kier alpha value is -9.50. The number of halogens is 6. The molecule has 2 aliphatic heterocycles. The molecule has 35 heteroatoms. The maximum atomic E-state index is 15.9. The molecular formula is C63H60F6N5O23P. The Balaban J connectivity index is 1.17. The van der Waals surface area contributed by atoms with Crippen LogP contribution in [0.15, 0.2) is 183 Å². The zero-order valence-corrected chi connectivity index (χ0v) is 52.2. The molecule has 0 aliphatic carbocycles. The molecule has 5 aromatic carbocycles. The molecule has 2 saturated heterocycles. The number of nitrogens with one attached hydrogen (secondary N) is 2. The smallest absolute Gasteiger partial charge is 0.497 e. The van der Waals surface area contributed by atoms with Gasteiger partial charge in [0.15, 0.2) is 49.1 Å². The van der Waals surface area contributed by atoms with Crippen molar-refractivity contribution in [2.24, 2.45) is 5.92 Å². The van der Waals surface area contributed by atoms with Gasteiger partial charge in [0.1, 0.15) is 43.2 Å². The number of hydrogen-bond donors (Lipinski definition) is 4. The summed E-state index contributed by atoms with van der Waals surface area (Å²) in [5, 5.41) is 35.8. The number of aliphatic hydroxyl groups excluding tert-OH is 1. The number of phosphoric acid groups is 1. The molecule has 0 bridgehead atoms. The number of alkyl halides is 6. The molecule has 9 rings (SSSR count). The predicted molar refractivity (Wildman–Crippen MR) is 320 cm³/mol. The standard InChI is InChI=1S/C63H60F6N5O23P/c1-84-43-23-19-41(20-24-43)60(40-17-10-5-11-18-40,42-21-25-44(85-2)26-22-42)90-36-46-61(82,52(54(92-46)74-31-28-48(76)72-57(74)79)89-37-86-35-45(62(64,65)66)63(67,68)69)97-98(83,91-32-12-29-70)96-55(77)51-49(94-58(80)87-33-38-13-6-3-7-14-38)50(53(93-51)73-30-27-47(75)71-56(73)78)95-59(81)88-34-39-15-8-4-9-16-39/h3-11,13-28,30-31,45-46,49-55,77,82H,12,32-37H2,1-2H3,(H,71,75,78)(H,72,76,79)/t46-,49+,50-,51+,52+,53-,54-,55?,61+,98?/m1/s1. The second-order valence-corrected chi connectivity index (χ2v) is 22.9. The van der Waals surface area contributed by atoms with Crippen molar-refractivity contribution in [1.82, 2.24) is 19.1 Å². The Morgan fingerprint density at radius 2 is 1.15 bits per heavy atom. The van der Waals surface area contributed by atoms with Gasteiger partial charge < -0.3 is 62.3 Å². The summed E-state index contributed by atoms with van der Waals surface area (Å²) in [6, 6.07) is 39.8. The first-order chi connectivity index (χ1) is 46.8.